The van der Waals surface area contributed by atoms with Crippen LogP contribution in [0.3, 0.4) is 0 Å². The zero-order valence-electron chi connectivity index (χ0n) is 25.0. The van der Waals surface area contributed by atoms with Crippen molar-refractivity contribution in [1.29, 1.82) is 0 Å². The second kappa shape index (κ2) is 15.7. The number of para-hydroxylation sites is 2. The van der Waals surface area contributed by atoms with Gasteiger partial charge in [0.15, 0.2) is 0 Å². The highest BCUT2D eigenvalue weighted by Gasteiger charge is 2.47. The first-order chi connectivity index (χ1) is 19.9. The van der Waals surface area contributed by atoms with Gasteiger partial charge in [0, 0.05) is 25.9 Å². The van der Waals surface area contributed by atoms with Gasteiger partial charge >= 0.3 is 5.97 Å². The number of hydrogen-bond donors (Lipinski definition) is 2. The minimum absolute atomic E-state index is 0. The molecule has 0 saturated carbocycles. The summed E-state index contributed by atoms with van der Waals surface area (Å²) in [7, 11) is 1.50. The molecule has 6 nitrogen and oxygen atoms in total. The van der Waals surface area contributed by atoms with Crippen LogP contribution in [0.4, 0.5) is 4.39 Å². The van der Waals surface area contributed by atoms with Gasteiger partial charge in [-0.3, -0.25) is 0 Å². The van der Waals surface area contributed by atoms with Gasteiger partial charge in [-0.1, -0.05) is 56.3 Å². The Hall–Kier alpha value is -2.97. The number of methoxy groups -OCH3 is 1. The fraction of sp³-hybridized carbons (Fsp3) is 0.412. The van der Waals surface area contributed by atoms with Gasteiger partial charge < -0.3 is 19.8 Å². The van der Waals surface area contributed by atoms with Crippen molar-refractivity contribution in [3.8, 4) is 0 Å². The second-order valence-electron chi connectivity index (χ2n) is 11.5. The van der Waals surface area contributed by atoms with Gasteiger partial charge in [0.05, 0.1) is 11.0 Å². The van der Waals surface area contributed by atoms with Crippen molar-refractivity contribution in [3.63, 3.8) is 0 Å². The number of carbonyl (C=O) groups is 1. The fourth-order valence-corrected chi connectivity index (χ4v) is 6.43. The third kappa shape index (κ3) is 8.36. The molecule has 3 aromatic carbocycles. The number of aromatic amines is 1. The predicted molar refractivity (Wildman–Crippen MR) is 174 cm³/mol. The molecule has 0 amide bonds. The van der Waals surface area contributed by atoms with Crippen LogP contribution in [0.15, 0.2) is 66.7 Å². The van der Waals surface area contributed by atoms with Crippen LogP contribution in [0.2, 0.25) is 0 Å². The number of halogens is 3. The van der Waals surface area contributed by atoms with E-state index in [2.05, 4.69) is 53.4 Å². The van der Waals surface area contributed by atoms with E-state index in [-0.39, 0.29) is 55.0 Å². The number of hydrogen-bond acceptors (Lipinski definition) is 5. The number of aryl methyl sites for hydroxylation is 1. The lowest BCUT2D eigenvalue weighted by Crippen LogP contribution is -2.49. The third-order valence-corrected chi connectivity index (χ3v) is 8.22. The van der Waals surface area contributed by atoms with E-state index in [1.165, 1.54) is 24.3 Å². The van der Waals surface area contributed by atoms with Crippen molar-refractivity contribution in [3.05, 3.63) is 101 Å². The van der Waals surface area contributed by atoms with E-state index < -0.39 is 5.60 Å². The van der Waals surface area contributed by atoms with E-state index in [4.69, 9.17) is 9.47 Å². The van der Waals surface area contributed by atoms with E-state index in [0.717, 1.165) is 47.4 Å². The summed E-state index contributed by atoms with van der Waals surface area (Å²) in [5.74, 6) is 0.586. The van der Waals surface area contributed by atoms with Crippen LogP contribution in [0.25, 0.3) is 11.0 Å². The third-order valence-electron chi connectivity index (χ3n) is 8.22. The Kier molecular flexibility index (Phi) is 12.6. The van der Waals surface area contributed by atoms with Gasteiger partial charge in [-0.25, -0.2) is 14.2 Å². The number of esters is 1. The molecule has 0 radical (unpaired) electrons. The average Bonchev–Trinajstić information content (AvgIpc) is 3.36. The Morgan fingerprint density at radius 3 is 2.53 bits per heavy atom. The molecule has 2 atom stereocenters. The van der Waals surface area contributed by atoms with Gasteiger partial charge in [0.1, 0.15) is 23.8 Å². The molecule has 2 N–H and O–H groups in total. The standard InChI is InChI=1S/C34H40FN3O3.2ClH/c1-23(2)33-28-13-12-27(35)21-26(28)14-16-34(33,41-32(39)22-40-3)17-19-36-18-15-24-8-10-25(11-9-24)20-31-37-29-6-4-5-7-30(29)38-31;;/h4-13,21,23,33,36H,14-20,22H2,1-3H3,(H,37,38);2*1H/t33-,34-;;/m0../s1. The van der Waals surface area contributed by atoms with E-state index in [9.17, 15) is 9.18 Å². The quantitative estimate of drug-likeness (QED) is 0.131. The zero-order chi connectivity index (χ0) is 28.8. The first kappa shape index (κ1) is 34.5. The van der Waals surface area contributed by atoms with Crippen LogP contribution < -0.4 is 5.32 Å². The number of imidazole rings is 1. The lowest BCUT2D eigenvalue weighted by Gasteiger charge is -2.46. The van der Waals surface area contributed by atoms with Gasteiger partial charge in [0.25, 0.3) is 0 Å². The van der Waals surface area contributed by atoms with Crippen molar-refractivity contribution < 1.29 is 18.7 Å². The molecule has 0 bridgehead atoms. The number of nitrogens with zero attached hydrogens (tertiary/aromatic N) is 1. The molecule has 0 unspecified atom stereocenters. The van der Waals surface area contributed by atoms with Crippen LogP contribution >= 0.6 is 24.8 Å². The van der Waals surface area contributed by atoms with Crippen LogP contribution in [0.5, 0.6) is 0 Å². The lowest BCUT2D eigenvalue weighted by atomic mass is 9.65. The summed E-state index contributed by atoms with van der Waals surface area (Å²) < 4.78 is 25.3. The molecular weight excluding hydrogens is 588 g/mol. The number of nitrogens with one attached hydrogen (secondary N) is 2. The maximum absolute atomic E-state index is 14.0. The molecule has 232 valence electrons. The molecular formula is C34H42Cl2FN3O3. The van der Waals surface area contributed by atoms with Gasteiger partial charge in [-0.2, -0.15) is 0 Å². The largest absolute Gasteiger partial charge is 0.457 e. The lowest BCUT2D eigenvalue weighted by molar-refractivity contribution is -0.171. The number of ether oxygens (including phenoxy) is 2. The molecule has 5 rings (SSSR count). The van der Waals surface area contributed by atoms with Gasteiger partial charge in [0.2, 0.25) is 0 Å². The summed E-state index contributed by atoms with van der Waals surface area (Å²) in [5, 5.41) is 3.58. The van der Waals surface area contributed by atoms with Crippen molar-refractivity contribution in [2.24, 2.45) is 5.92 Å². The minimum atomic E-state index is -0.667. The SMILES string of the molecule is COCC(=O)O[C@]1(CCNCCc2ccc(Cc3nc4ccccc4[nH]3)cc2)CCc2cc(F)ccc2[C@@H]1C(C)C.Cl.Cl. The van der Waals surface area contributed by atoms with Gasteiger partial charge in [-0.15, -0.1) is 24.8 Å². The molecule has 1 aliphatic rings. The summed E-state index contributed by atoms with van der Waals surface area (Å²) >= 11 is 0. The predicted octanol–water partition coefficient (Wildman–Crippen LogP) is 6.97. The van der Waals surface area contributed by atoms with Gasteiger partial charge in [-0.05, 0) is 84.8 Å². The summed E-state index contributed by atoms with van der Waals surface area (Å²) in [6.07, 6.45) is 3.69. The maximum Gasteiger partial charge on any atom is 0.332 e. The fourth-order valence-electron chi connectivity index (χ4n) is 6.43. The first-order valence-electron chi connectivity index (χ1n) is 14.6. The normalized spacial score (nSPS) is 17.7. The van der Waals surface area contributed by atoms with Crippen LogP contribution in [0, 0.1) is 11.7 Å². The molecule has 0 saturated heterocycles. The Labute approximate surface area is 266 Å². The summed E-state index contributed by atoms with van der Waals surface area (Å²) in [6.45, 7) is 5.74. The van der Waals surface area contributed by atoms with E-state index in [1.54, 1.807) is 6.07 Å². The molecule has 1 aromatic heterocycles. The van der Waals surface area contributed by atoms with Crippen LogP contribution in [-0.2, 0) is 33.5 Å². The second-order valence-corrected chi connectivity index (χ2v) is 11.5. The van der Waals surface area contributed by atoms with Crippen molar-refractivity contribution >= 4 is 41.8 Å². The maximum atomic E-state index is 14.0. The highest BCUT2D eigenvalue weighted by atomic mass is 35.5. The highest BCUT2D eigenvalue weighted by molar-refractivity contribution is 5.85. The van der Waals surface area contributed by atoms with E-state index in [1.807, 2.05) is 30.3 Å². The molecule has 43 heavy (non-hydrogen) atoms. The Bertz CT molecular complexity index is 1440. The molecule has 1 heterocycles. The summed E-state index contributed by atoms with van der Waals surface area (Å²) in [6, 6.07) is 21.8. The monoisotopic (exact) mass is 629 g/mol. The summed E-state index contributed by atoms with van der Waals surface area (Å²) in [4.78, 5) is 20.8. The number of aromatic nitrogens is 2. The Balaban J connectivity index is 0.00000253. The molecule has 9 heteroatoms. The van der Waals surface area contributed by atoms with Crippen molar-refractivity contribution in [1.82, 2.24) is 15.3 Å². The van der Waals surface area contributed by atoms with E-state index in [0.29, 0.717) is 25.8 Å². The molecule has 1 aliphatic carbocycles. The van der Waals surface area contributed by atoms with Crippen molar-refractivity contribution in [2.75, 3.05) is 26.8 Å². The van der Waals surface area contributed by atoms with Crippen LogP contribution in [-0.4, -0.2) is 48.3 Å². The average molecular weight is 631 g/mol. The minimum Gasteiger partial charge on any atom is -0.457 e. The first-order valence-corrected chi connectivity index (χ1v) is 14.6. The molecule has 0 aliphatic heterocycles. The number of H-pyrrole nitrogens is 1. The molecule has 0 fully saturated rings. The number of carbonyl (C=O) groups excluding carboxylic acids is 1. The zero-order valence-corrected chi connectivity index (χ0v) is 26.7. The molecule has 0 spiro atoms. The highest BCUT2D eigenvalue weighted by Crippen LogP contribution is 2.48. The Morgan fingerprint density at radius 1 is 1.07 bits per heavy atom. The number of fused-ring (bicyclic) bond motifs is 2. The smallest absolute Gasteiger partial charge is 0.332 e. The van der Waals surface area contributed by atoms with Crippen LogP contribution in [0.1, 0.15) is 60.7 Å². The number of rotatable bonds is 12. The Morgan fingerprint density at radius 2 is 1.81 bits per heavy atom. The number of benzene rings is 3. The molecule has 4 aromatic rings. The summed E-state index contributed by atoms with van der Waals surface area (Å²) in [5.41, 5.74) is 5.97. The van der Waals surface area contributed by atoms with E-state index >= 15 is 0 Å². The topological polar surface area (TPSA) is 76.2 Å². The van der Waals surface area contributed by atoms with Crippen molar-refractivity contribution in [2.45, 2.75) is 57.5 Å².